The summed E-state index contributed by atoms with van der Waals surface area (Å²) < 4.78 is 5.96. The van der Waals surface area contributed by atoms with Crippen LogP contribution >= 0.6 is 11.6 Å². The van der Waals surface area contributed by atoms with Crippen molar-refractivity contribution in [1.82, 2.24) is 0 Å². The highest BCUT2D eigenvalue weighted by Gasteiger charge is 2.09. The van der Waals surface area contributed by atoms with Crippen LogP contribution in [0, 0.1) is 0 Å². The molecule has 98 valence electrons. The second-order valence-corrected chi connectivity index (χ2v) is 4.80. The van der Waals surface area contributed by atoms with Gasteiger partial charge in [-0.2, -0.15) is 0 Å². The van der Waals surface area contributed by atoms with E-state index in [4.69, 9.17) is 16.3 Å². The van der Waals surface area contributed by atoms with Crippen LogP contribution in [0.1, 0.15) is 0 Å². The lowest BCUT2D eigenvalue weighted by molar-refractivity contribution is 0.484. The summed E-state index contributed by atoms with van der Waals surface area (Å²) in [6, 6.07) is 25.4. The standard InChI is InChI=1S/C18H13ClO/c19-17-12-6-4-10-15(17)16-11-5-7-13-18(16)20-14-8-2-1-3-9-14/h1-13H. The molecule has 0 saturated carbocycles. The Morgan fingerprint density at radius 1 is 0.600 bits per heavy atom. The summed E-state index contributed by atoms with van der Waals surface area (Å²) in [5, 5.41) is 0.719. The number of hydrogen-bond donors (Lipinski definition) is 0. The van der Waals surface area contributed by atoms with Crippen LogP contribution in [0.4, 0.5) is 0 Å². The van der Waals surface area contributed by atoms with Gasteiger partial charge in [0.1, 0.15) is 11.5 Å². The Morgan fingerprint density at radius 3 is 1.95 bits per heavy atom. The first-order chi connectivity index (χ1) is 9.84. The van der Waals surface area contributed by atoms with Crippen molar-refractivity contribution in [2.24, 2.45) is 0 Å². The van der Waals surface area contributed by atoms with Gasteiger partial charge < -0.3 is 4.74 Å². The Hall–Kier alpha value is -2.25. The van der Waals surface area contributed by atoms with Crippen molar-refractivity contribution in [3.8, 4) is 22.6 Å². The molecule has 20 heavy (non-hydrogen) atoms. The van der Waals surface area contributed by atoms with Crippen LogP contribution < -0.4 is 4.74 Å². The van der Waals surface area contributed by atoms with Gasteiger partial charge in [0.2, 0.25) is 0 Å². The largest absolute Gasteiger partial charge is 0.457 e. The first-order valence-corrected chi connectivity index (χ1v) is 6.79. The third-order valence-electron chi connectivity index (χ3n) is 3.02. The molecule has 2 heteroatoms. The van der Waals surface area contributed by atoms with E-state index in [1.165, 1.54) is 0 Å². The minimum absolute atomic E-state index is 0.719. The molecular formula is C18H13ClO. The van der Waals surface area contributed by atoms with E-state index in [9.17, 15) is 0 Å². The molecule has 0 fully saturated rings. The maximum atomic E-state index is 6.28. The number of ether oxygens (including phenoxy) is 1. The van der Waals surface area contributed by atoms with Gasteiger partial charge in [0.05, 0.1) is 0 Å². The summed E-state index contributed by atoms with van der Waals surface area (Å²) in [6.07, 6.45) is 0. The van der Waals surface area contributed by atoms with E-state index in [2.05, 4.69) is 0 Å². The molecule has 0 radical (unpaired) electrons. The molecule has 0 aromatic heterocycles. The van der Waals surface area contributed by atoms with Crippen molar-refractivity contribution in [2.45, 2.75) is 0 Å². The van der Waals surface area contributed by atoms with Gasteiger partial charge in [0.25, 0.3) is 0 Å². The van der Waals surface area contributed by atoms with Gasteiger partial charge in [0, 0.05) is 16.1 Å². The lowest BCUT2D eigenvalue weighted by atomic mass is 10.0. The van der Waals surface area contributed by atoms with E-state index in [-0.39, 0.29) is 0 Å². The van der Waals surface area contributed by atoms with Gasteiger partial charge in [-0.1, -0.05) is 66.2 Å². The van der Waals surface area contributed by atoms with Crippen molar-refractivity contribution in [3.63, 3.8) is 0 Å². The molecule has 0 atom stereocenters. The number of halogens is 1. The van der Waals surface area contributed by atoms with E-state index >= 15 is 0 Å². The van der Waals surface area contributed by atoms with Crippen molar-refractivity contribution >= 4 is 11.6 Å². The number of hydrogen-bond acceptors (Lipinski definition) is 1. The number of benzene rings is 3. The minimum atomic E-state index is 0.719. The van der Waals surface area contributed by atoms with Crippen LogP contribution in [0.25, 0.3) is 11.1 Å². The molecule has 0 aliphatic carbocycles. The number of para-hydroxylation sites is 2. The predicted octanol–water partition coefficient (Wildman–Crippen LogP) is 5.80. The number of rotatable bonds is 3. The lowest BCUT2D eigenvalue weighted by Gasteiger charge is -2.12. The molecule has 0 unspecified atom stereocenters. The molecule has 0 bridgehead atoms. The quantitative estimate of drug-likeness (QED) is 0.589. The summed E-state index contributed by atoms with van der Waals surface area (Å²) in [5.74, 6) is 1.61. The molecule has 0 aliphatic rings. The summed E-state index contributed by atoms with van der Waals surface area (Å²) in [4.78, 5) is 0. The Morgan fingerprint density at radius 2 is 1.20 bits per heavy atom. The van der Waals surface area contributed by atoms with Gasteiger partial charge in [-0.05, 0) is 24.3 Å². The average molecular weight is 281 g/mol. The fraction of sp³-hybridized carbons (Fsp3) is 0. The molecule has 0 N–H and O–H groups in total. The van der Waals surface area contributed by atoms with Crippen LogP contribution in [0.15, 0.2) is 78.9 Å². The summed E-state index contributed by atoms with van der Waals surface area (Å²) in [7, 11) is 0. The Kier molecular flexibility index (Phi) is 3.71. The van der Waals surface area contributed by atoms with Crippen LogP contribution in [0.5, 0.6) is 11.5 Å². The second-order valence-electron chi connectivity index (χ2n) is 4.39. The Bertz CT molecular complexity index is 707. The minimum Gasteiger partial charge on any atom is -0.457 e. The topological polar surface area (TPSA) is 9.23 Å². The zero-order chi connectivity index (χ0) is 13.8. The average Bonchev–Trinajstić information content (AvgIpc) is 2.50. The smallest absolute Gasteiger partial charge is 0.135 e. The van der Waals surface area contributed by atoms with Gasteiger partial charge in [-0.25, -0.2) is 0 Å². The van der Waals surface area contributed by atoms with Gasteiger partial charge in [0.15, 0.2) is 0 Å². The fourth-order valence-corrected chi connectivity index (χ4v) is 2.31. The van der Waals surface area contributed by atoms with Crippen molar-refractivity contribution in [1.29, 1.82) is 0 Å². The molecule has 0 amide bonds. The van der Waals surface area contributed by atoms with Crippen LogP contribution in [0.2, 0.25) is 5.02 Å². The monoisotopic (exact) mass is 280 g/mol. The van der Waals surface area contributed by atoms with Gasteiger partial charge in [-0.15, -0.1) is 0 Å². The van der Waals surface area contributed by atoms with E-state index in [0.29, 0.717) is 0 Å². The van der Waals surface area contributed by atoms with Crippen LogP contribution in [0.3, 0.4) is 0 Å². The fourth-order valence-electron chi connectivity index (χ4n) is 2.07. The van der Waals surface area contributed by atoms with Crippen molar-refractivity contribution < 1.29 is 4.74 Å². The molecule has 0 aliphatic heterocycles. The van der Waals surface area contributed by atoms with Crippen LogP contribution in [-0.2, 0) is 0 Å². The molecular weight excluding hydrogens is 268 g/mol. The zero-order valence-electron chi connectivity index (χ0n) is 10.8. The maximum absolute atomic E-state index is 6.28. The van der Waals surface area contributed by atoms with E-state index in [0.717, 1.165) is 27.6 Å². The summed E-state index contributed by atoms with van der Waals surface area (Å²) in [5.41, 5.74) is 1.96. The van der Waals surface area contributed by atoms with E-state index in [1.54, 1.807) is 0 Å². The van der Waals surface area contributed by atoms with Crippen LogP contribution in [-0.4, -0.2) is 0 Å². The maximum Gasteiger partial charge on any atom is 0.135 e. The molecule has 0 saturated heterocycles. The highest BCUT2D eigenvalue weighted by molar-refractivity contribution is 6.33. The van der Waals surface area contributed by atoms with Gasteiger partial charge >= 0.3 is 0 Å². The van der Waals surface area contributed by atoms with E-state index in [1.807, 2.05) is 78.9 Å². The van der Waals surface area contributed by atoms with E-state index < -0.39 is 0 Å². The van der Waals surface area contributed by atoms with Gasteiger partial charge in [-0.3, -0.25) is 0 Å². The van der Waals surface area contributed by atoms with Crippen molar-refractivity contribution in [2.75, 3.05) is 0 Å². The molecule has 3 rings (SSSR count). The second kappa shape index (κ2) is 5.81. The molecule has 3 aromatic rings. The Labute approximate surface area is 123 Å². The first-order valence-electron chi connectivity index (χ1n) is 6.41. The van der Waals surface area contributed by atoms with Crippen molar-refractivity contribution in [3.05, 3.63) is 83.9 Å². The first kappa shape index (κ1) is 12.8. The molecule has 0 spiro atoms. The highest BCUT2D eigenvalue weighted by Crippen LogP contribution is 2.36. The Balaban J connectivity index is 2.03. The normalized spacial score (nSPS) is 10.2. The lowest BCUT2D eigenvalue weighted by Crippen LogP contribution is -1.88. The zero-order valence-corrected chi connectivity index (χ0v) is 11.5. The summed E-state index contributed by atoms with van der Waals surface area (Å²) in [6.45, 7) is 0. The third kappa shape index (κ3) is 2.68. The highest BCUT2D eigenvalue weighted by atomic mass is 35.5. The molecule has 1 nitrogen and oxygen atoms in total. The molecule has 0 heterocycles. The molecule has 3 aromatic carbocycles. The SMILES string of the molecule is Clc1ccccc1-c1ccccc1Oc1ccccc1. The predicted molar refractivity (Wildman–Crippen MR) is 83.4 cm³/mol. The summed E-state index contributed by atoms with van der Waals surface area (Å²) >= 11 is 6.28. The third-order valence-corrected chi connectivity index (χ3v) is 3.35.